The minimum atomic E-state index is -1.62. The molecule has 5 aromatic rings. The largest absolute Gasteiger partial charge is 0.391 e. The van der Waals surface area contributed by atoms with Gasteiger partial charge in [-0.3, -0.25) is 24.1 Å². The van der Waals surface area contributed by atoms with E-state index in [0.29, 0.717) is 44.3 Å². The number of aliphatic hydroxyl groups is 1. The number of amides is 4. The zero-order valence-corrected chi connectivity index (χ0v) is 42.0. The molecule has 16 heteroatoms. The first kappa shape index (κ1) is 52.0. The van der Waals surface area contributed by atoms with Crippen molar-refractivity contribution in [3.05, 3.63) is 118 Å². The quantitative estimate of drug-likeness (QED) is 0.0434. The Balaban J connectivity index is 0.857. The van der Waals surface area contributed by atoms with Gasteiger partial charge in [-0.15, -0.1) is 11.3 Å². The van der Waals surface area contributed by atoms with Crippen molar-refractivity contribution in [2.75, 3.05) is 19.6 Å². The van der Waals surface area contributed by atoms with Gasteiger partial charge in [0.1, 0.15) is 29.4 Å². The summed E-state index contributed by atoms with van der Waals surface area (Å²) in [5.74, 6) is -3.13. The van der Waals surface area contributed by atoms with Crippen LogP contribution in [0.4, 0.5) is 13.2 Å². The number of aromatic amines is 1. The van der Waals surface area contributed by atoms with Gasteiger partial charge in [-0.2, -0.15) is 0 Å². The fourth-order valence-electron chi connectivity index (χ4n) is 9.68. The van der Waals surface area contributed by atoms with Crippen LogP contribution in [0.1, 0.15) is 120 Å². The molecule has 0 aliphatic carbocycles. The van der Waals surface area contributed by atoms with Crippen LogP contribution in [0.3, 0.4) is 0 Å². The number of carbonyl (C=O) groups is 4. The molecule has 1 fully saturated rings. The number of carbonyl (C=O) groups excluding carboxylic acids is 4. The van der Waals surface area contributed by atoms with Gasteiger partial charge in [0.15, 0.2) is 0 Å². The molecule has 0 spiro atoms. The van der Waals surface area contributed by atoms with E-state index in [4.69, 9.17) is 0 Å². The van der Waals surface area contributed by atoms with Crippen molar-refractivity contribution in [1.29, 1.82) is 0 Å². The third kappa shape index (κ3) is 12.5. The SMILES string of the molecule is Cc1ncsc1-c1ccc(CNC(=O)[C@@H]2C[C@@H](O)CN2C(=O)C(NC(=O)CCCCCCNC(=O)/C=C/c2cc(F)c([C@@H]3c4[nH]c5ccccc5c4C[C@@H](C)N3CC(C)(C)F)c(F)c2)C(C)(C)C)cc1. The molecule has 70 heavy (non-hydrogen) atoms. The maximum atomic E-state index is 16.1. The molecule has 12 nitrogen and oxygen atoms in total. The first-order valence-electron chi connectivity index (χ1n) is 24.2. The molecule has 2 aliphatic heterocycles. The van der Waals surface area contributed by atoms with E-state index in [-0.39, 0.29) is 61.5 Å². The standard InChI is InChI=1S/C54H66F3N7O5S/c1-32-24-39-38-14-11-12-15-42(38)61-47(39)48(64(32)30-54(6,7)57)46-40(55)25-35(26-41(46)56)19-22-44(66)58-23-13-9-8-10-16-45(67)62-50(53(3,4)5)52(69)63-29-37(65)27-43(63)51(68)59-28-34-17-20-36(21-18-34)49-33(2)60-31-70-49/h11-12,14-15,17-22,25-26,31-32,37,43,48,50,61,65H,8-10,13,16,23-24,27-30H2,1-7H3,(H,58,66)(H,59,68)(H,62,67)/b22-19+/t32-,37-,43+,48-,50?/m1/s1. The van der Waals surface area contributed by atoms with Gasteiger partial charge in [-0.05, 0) is 98.9 Å². The molecule has 4 amide bonds. The van der Waals surface area contributed by atoms with Crippen LogP contribution in [0.25, 0.3) is 27.4 Å². The Labute approximate surface area is 412 Å². The zero-order chi connectivity index (χ0) is 50.5. The van der Waals surface area contributed by atoms with Crippen LogP contribution >= 0.6 is 11.3 Å². The smallest absolute Gasteiger partial charge is 0.246 e. The van der Waals surface area contributed by atoms with Crippen LogP contribution in [-0.4, -0.2) is 98.0 Å². The topological polar surface area (TPSA) is 160 Å². The molecular formula is C54H66F3N7O5S. The number of aliphatic hydroxyl groups excluding tert-OH is 1. The Morgan fingerprint density at radius 1 is 0.971 bits per heavy atom. The Bertz CT molecular complexity index is 2680. The van der Waals surface area contributed by atoms with E-state index >= 15 is 13.2 Å². The van der Waals surface area contributed by atoms with Crippen LogP contribution in [0, 0.1) is 24.0 Å². The van der Waals surface area contributed by atoms with E-state index in [1.807, 2.05) is 88.0 Å². The fraction of sp³-hybridized carbons (Fsp3) is 0.463. The number of unbranched alkanes of at least 4 members (excludes halogenated alkanes) is 3. The lowest BCUT2D eigenvalue weighted by Crippen LogP contribution is -2.57. The Kier molecular flexibility index (Phi) is 16.4. The zero-order valence-electron chi connectivity index (χ0n) is 41.1. The van der Waals surface area contributed by atoms with Gasteiger partial charge in [-0.1, -0.05) is 76.1 Å². The van der Waals surface area contributed by atoms with Crippen molar-refractivity contribution in [2.24, 2.45) is 5.41 Å². The Morgan fingerprint density at radius 2 is 1.67 bits per heavy atom. The summed E-state index contributed by atoms with van der Waals surface area (Å²) in [7, 11) is 0. The number of hydrogen-bond acceptors (Lipinski definition) is 8. The molecule has 5 N–H and O–H groups in total. The minimum Gasteiger partial charge on any atom is -0.391 e. The maximum Gasteiger partial charge on any atom is 0.246 e. The summed E-state index contributed by atoms with van der Waals surface area (Å²) in [5.41, 5.74) is 4.80. The Morgan fingerprint density at radius 3 is 2.34 bits per heavy atom. The summed E-state index contributed by atoms with van der Waals surface area (Å²) < 4.78 is 47.4. The first-order valence-corrected chi connectivity index (χ1v) is 25.1. The molecule has 5 atom stereocenters. The second-order valence-electron chi connectivity index (χ2n) is 20.5. The number of para-hydroxylation sites is 1. The lowest BCUT2D eigenvalue weighted by molar-refractivity contribution is -0.144. The molecule has 4 heterocycles. The monoisotopic (exact) mass is 981 g/mol. The molecule has 1 saturated heterocycles. The third-order valence-electron chi connectivity index (χ3n) is 13.2. The maximum absolute atomic E-state index is 16.1. The molecule has 2 aromatic heterocycles. The fourth-order valence-corrected chi connectivity index (χ4v) is 10.5. The average Bonchev–Trinajstić information content (AvgIpc) is 4.02. The van der Waals surface area contributed by atoms with E-state index < -0.39 is 58.8 Å². The number of nitrogens with zero attached hydrogens (tertiary/aromatic N) is 3. The van der Waals surface area contributed by atoms with Crippen LogP contribution in [-0.2, 0) is 32.1 Å². The molecule has 374 valence electrons. The van der Waals surface area contributed by atoms with Crippen molar-refractivity contribution >= 4 is 51.9 Å². The van der Waals surface area contributed by atoms with Crippen LogP contribution < -0.4 is 16.0 Å². The molecule has 7 rings (SSSR count). The Hall–Kier alpha value is -5.84. The lowest BCUT2D eigenvalue weighted by Gasteiger charge is -2.43. The molecule has 0 saturated carbocycles. The number of alkyl halides is 1. The number of likely N-dealkylation sites (tertiary alicyclic amines) is 1. The highest BCUT2D eigenvalue weighted by Crippen LogP contribution is 2.43. The number of benzene rings is 3. The van der Waals surface area contributed by atoms with Gasteiger partial charge < -0.3 is 30.9 Å². The predicted octanol–water partition coefficient (Wildman–Crippen LogP) is 8.85. The number of hydrogen-bond donors (Lipinski definition) is 5. The summed E-state index contributed by atoms with van der Waals surface area (Å²) in [6, 6.07) is 15.0. The highest BCUT2D eigenvalue weighted by molar-refractivity contribution is 7.13. The molecular weight excluding hydrogens is 916 g/mol. The van der Waals surface area contributed by atoms with E-state index in [0.717, 1.165) is 38.2 Å². The number of H-pyrrole nitrogens is 1. The molecule has 0 bridgehead atoms. The summed E-state index contributed by atoms with van der Waals surface area (Å²) in [6.07, 6.45) is 5.12. The lowest BCUT2D eigenvalue weighted by atomic mass is 9.85. The van der Waals surface area contributed by atoms with E-state index in [1.165, 1.54) is 43.0 Å². The van der Waals surface area contributed by atoms with Gasteiger partial charge in [0.05, 0.1) is 28.2 Å². The minimum absolute atomic E-state index is 0.0202. The van der Waals surface area contributed by atoms with Gasteiger partial charge >= 0.3 is 0 Å². The van der Waals surface area contributed by atoms with Crippen LogP contribution in [0.15, 0.2) is 72.3 Å². The molecule has 3 aromatic carbocycles. The van der Waals surface area contributed by atoms with Crippen molar-refractivity contribution in [1.82, 2.24) is 35.7 Å². The van der Waals surface area contributed by atoms with Gasteiger partial charge in [0.25, 0.3) is 0 Å². The highest BCUT2D eigenvalue weighted by atomic mass is 32.1. The average molecular weight is 982 g/mol. The summed E-state index contributed by atoms with van der Waals surface area (Å²) in [5, 5.41) is 20.2. The highest BCUT2D eigenvalue weighted by Gasteiger charge is 2.45. The summed E-state index contributed by atoms with van der Waals surface area (Å²) >= 11 is 1.56. The molecule has 2 aliphatic rings. The molecule has 1 unspecified atom stereocenters. The summed E-state index contributed by atoms with van der Waals surface area (Å²) in [4.78, 5) is 65.4. The van der Waals surface area contributed by atoms with Gasteiger partial charge in [0, 0.05) is 73.3 Å². The van der Waals surface area contributed by atoms with Crippen LogP contribution in [0.5, 0.6) is 0 Å². The van der Waals surface area contributed by atoms with Crippen molar-refractivity contribution in [2.45, 2.75) is 136 Å². The third-order valence-corrected chi connectivity index (χ3v) is 14.2. The van der Waals surface area contributed by atoms with Gasteiger partial charge in [0.2, 0.25) is 23.6 Å². The van der Waals surface area contributed by atoms with Crippen LogP contribution in [0.2, 0.25) is 0 Å². The van der Waals surface area contributed by atoms with Crippen molar-refractivity contribution in [3.63, 3.8) is 0 Å². The van der Waals surface area contributed by atoms with E-state index in [1.54, 1.807) is 16.8 Å². The first-order chi connectivity index (χ1) is 33.2. The number of thiazole rings is 1. The number of halogens is 3. The number of aryl methyl sites for hydroxylation is 1. The molecule has 0 radical (unpaired) electrons. The predicted molar refractivity (Wildman–Crippen MR) is 268 cm³/mol. The number of nitrogens with one attached hydrogen (secondary N) is 4. The second-order valence-corrected chi connectivity index (χ2v) is 21.4. The number of β-amino-alcohol motifs (C(OH)–C–C–N with tert-alkyl or cyclic N) is 1. The van der Waals surface area contributed by atoms with Gasteiger partial charge in [-0.25, -0.2) is 18.2 Å². The van der Waals surface area contributed by atoms with E-state index in [2.05, 4.69) is 25.9 Å². The van der Waals surface area contributed by atoms with E-state index in [9.17, 15) is 24.3 Å². The number of aromatic nitrogens is 2. The normalized spacial score (nSPS) is 19.1. The second kappa shape index (κ2) is 22.1. The van der Waals surface area contributed by atoms with Crippen molar-refractivity contribution in [3.8, 4) is 10.4 Å². The number of rotatable bonds is 18. The number of fused-ring (bicyclic) bond motifs is 3. The summed E-state index contributed by atoms with van der Waals surface area (Å²) in [6.45, 7) is 12.9. The van der Waals surface area contributed by atoms with Crippen molar-refractivity contribution < 1.29 is 37.5 Å².